The number of benzene rings is 2. The highest BCUT2D eigenvalue weighted by Crippen LogP contribution is 2.28. The van der Waals surface area contributed by atoms with Crippen molar-refractivity contribution >= 4 is 33.3 Å². The summed E-state index contributed by atoms with van der Waals surface area (Å²) in [4.78, 5) is 22.4. The minimum absolute atomic E-state index is 0.0403. The van der Waals surface area contributed by atoms with Gasteiger partial charge in [-0.1, -0.05) is 67.6 Å². The molecule has 5 heteroatoms. The maximum atomic E-state index is 13.1. The van der Waals surface area contributed by atoms with Crippen LogP contribution in [0.2, 0.25) is 0 Å². The van der Waals surface area contributed by atoms with Crippen molar-refractivity contribution in [1.82, 2.24) is 9.97 Å². The molecule has 0 saturated heterocycles. The number of thiophene rings is 1. The summed E-state index contributed by atoms with van der Waals surface area (Å²) in [6.07, 6.45) is 0.418. The summed E-state index contributed by atoms with van der Waals surface area (Å²) >= 11 is 1.52. The van der Waals surface area contributed by atoms with Gasteiger partial charge in [-0.25, -0.2) is 9.97 Å². The Labute approximate surface area is 174 Å². The first-order valence-corrected chi connectivity index (χ1v) is 10.6. The number of nitrogens with one attached hydrogen (secondary N) is 1. The molecule has 0 saturated carbocycles. The zero-order chi connectivity index (χ0) is 20.2. The smallest absolute Gasteiger partial charge is 0.224 e. The molecule has 146 valence electrons. The lowest BCUT2D eigenvalue weighted by Crippen LogP contribution is -2.13. The van der Waals surface area contributed by atoms with E-state index in [0.717, 1.165) is 21.3 Å². The van der Waals surface area contributed by atoms with E-state index in [4.69, 9.17) is 0 Å². The summed E-state index contributed by atoms with van der Waals surface area (Å²) in [7, 11) is 0. The third-order valence-corrected chi connectivity index (χ3v) is 5.98. The van der Waals surface area contributed by atoms with Gasteiger partial charge in [0.05, 0.1) is 16.3 Å². The van der Waals surface area contributed by atoms with Gasteiger partial charge in [0.25, 0.3) is 0 Å². The SMILES string of the molecule is C[C@H](CC(=O)c1nc(N[C@@H](C)c2ccccc2)nc2ccsc12)c1ccccc1. The van der Waals surface area contributed by atoms with Crippen molar-refractivity contribution < 1.29 is 4.79 Å². The summed E-state index contributed by atoms with van der Waals surface area (Å²) in [6, 6.07) is 22.3. The number of aromatic nitrogens is 2. The molecule has 2 heterocycles. The molecule has 2 aromatic carbocycles. The number of hydrogen-bond acceptors (Lipinski definition) is 5. The van der Waals surface area contributed by atoms with Crippen LogP contribution in [-0.2, 0) is 0 Å². The molecular weight excluding hydrogens is 378 g/mol. The van der Waals surface area contributed by atoms with Gasteiger partial charge in [0.1, 0.15) is 5.69 Å². The van der Waals surface area contributed by atoms with Crippen molar-refractivity contribution in [2.24, 2.45) is 0 Å². The number of hydrogen-bond donors (Lipinski definition) is 1. The fourth-order valence-electron chi connectivity index (χ4n) is 3.41. The Bertz CT molecular complexity index is 1110. The van der Waals surface area contributed by atoms with Gasteiger partial charge in [0.2, 0.25) is 5.95 Å². The number of Topliss-reactive ketones (excluding diaryl/α,β-unsaturated/α-hetero) is 1. The zero-order valence-electron chi connectivity index (χ0n) is 16.5. The van der Waals surface area contributed by atoms with Crippen LogP contribution < -0.4 is 5.32 Å². The van der Waals surface area contributed by atoms with Gasteiger partial charge < -0.3 is 5.32 Å². The van der Waals surface area contributed by atoms with E-state index in [1.807, 2.05) is 47.8 Å². The number of nitrogens with zero attached hydrogens (tertiary/aromatic N) is 2. The monoisotopic (exact) mass is 401 g/mol. The molecule has 0 radical (unpaired) electrons. The second-order valence-electron chi connectivity index (χ2n) is 7.25. The largest absolute Gasteiger partial charge is 0.348 e. The van der Waals surface area contributed by atoms with Crippen LogP contribution in [-0.4, -0.2) is 15.8 Å². The molecule has 0 spiro atoms. The van der Waals surface area contributed by atoms with Crippen molar-refractivity contribution in [3.63, 3.8) is 0 Å². The standard InChI is InChI=1S/C24H23N3OS/c1-16(18-9-5-3-6-10-18)15-21(28)22-23-20(13-14-29-23)26-24(27-22)25-17(2)19-11-7-4-8-12-19/h3-14,16-17H,15H2,1-2H3,(H,25,26,27)/t16-,17+/m1/s1. The number of rotatable bonds is 7. The van der Waals surface area contributed by atoms with Crippen LogP contribution in [0, 0.1) is 0 Å². The van der Waals surface area contributed by atoms with E-state index in [2.05, 4.69) is 53.4 Å². The first-order valence-electron chi connectivity index (χ1n) is 9.76. The number of anilines is 1. The molecule has 1 N–H and O–H groups in total. The number of ketones is 1. The highest BCUT2D eigenvalue weighted by atomic mass is 32.1. The van der Waals surface area contributed by atoms with E-state index in [0.29, 0.717) is 18.1 Å². The Morgan fingerprint density at radius 2 is 1.59 bits per heavy atom. The average Bonchev–Trinajstić information content (AvgIpc) is 3.23. The lowest BCUT2D eigenvalue weighted by atomic mass is 9.95. The van der Waals surface area contributed by atoms with Gasteiger partial charge in [0, 0.05) is 6.42 Å². The summed E-state index contributed by atoms with van der Waals surface area (Å²) in [5.41, 5.74) is 3.62. The molecule has 2 atom stereocenters. The Balaban J connectivity index is 1.60. The van der Waals surface area contributed by atoms with Crippen molar-refractivity contribution in [3.8, 4) is 0 Å². The lowest BCUT2D eigenvalue weighted by molar-refractivity contribution is 0.0972. The van der Waals surface area contributed by atoms with Crippen molar-refractivity contribution in [1.29, 1.82) is 0 Å². The molecule has 4 nitrogen and oxygen atoms in total. The molecule has 0 bridgehead atoms. The fraction of sp³-hybridized carbons (Fsp3) is 0.208. The van der Waals surface area contributed by atoms with Crippen LogP contribution in [0.5, 0.6) is 0 Å². The summed E-state index contributed by atoms with van der Waals surface area (Å²) in [5, 5.41) is 5.31. The molecular formula is C24H23N3OS. The highest BCUT2D eigenvalue weighted by molar-refractivity contribution is 7.17. The molecule has 0 aliphatic rings. The fourth-order valence-corrected chi connectivity index (χ4v) is 4.25. The van der Waals surface area contributed by atoms with Crippen LogP contribution in [0.25, 0.3) is 10.2 Å². The van der Waals surface area contributed by atoms with E-state index in [9.17, 15) is 4.79 Å². The van der Waals surface area contributed by atoms with E-state index in [1.54, 1.807) is 0 Å². The van der Waals surface area contributed by atoms with E-state index in [1.165, 1.54) is 11.3 Å². The molecule has 0 aliphatic heterocycles. The van der Waals surface area contributed by atoms with Crippen molar-refractivity contribution in [2.45, 2.75) is 32.2 Å². The predicted octanol–water partition coefficient (Wildman–Crippen LogP) is 6.24. The topological polar surface area (TPSA) is 54.9 Å². The van der Waals surface area contributed by atoms with Gasteiger partial charge in [-0.05, 0) is 35.4 Å². The lowest BCUT2D eigenvalue weighted by Gasteiger charge is -2.15. The normalized spacial score (nSPS) is 13.2. The van der Waals surface area contributed by atoms with Gasteiger partial charge >= 0.3 is 0 Å². The highest BCUT2D eigenvalue weighted by Gasteiger charge is 2.20. The minimum atomic E-state index is 0.0403. The van der Waals surface area contributed by atoms with Crippen LogP contribution in [0.3, 0.4) is 0 Å². The van der Waals surface area contributed by atoms with Crippen molar-refractivity contribution in [3.05, 3.63) is 88.9 Å². The first kappa shape index (κ1) is 19.3. The molecule has 2 aromatic heterocycles. The van der Waals surface area contributed by atoms with E-state index < -0.39 is 0 Å². The van der Waals surface area contributed by atoms with Gasteiger partial charge in [-0.15, -0.1) is 11.3 Å². The Morgan fingerprint density at radius 1 is 0.931 bits per heavy atom. The molecule has 0 amide bonds. The van der Waals surface area contributed by atoms with Gasteiger partial charge in [-0.3, -0.25) is 4.79 Å². The van der Waals surface area contributed by atoms with Gasteiger partial charge in [-0.2, -0.15) is 0 Å². The van der Waals surface area contributed by atoms with Gasteiger partial charge in [0.15, 0.2) is 5.78 Å². The minimum Gasteiger partial charge on any atom is -0.348 e. The summed E-state index contributed by atoms with van der Waals surface area (Å²) < 4.78 is 0.855. The Hall–Kier alpha value is -3.05. The number of fused-ring (bicyclic) bond motifs is 1. The van der Waals surface area contributed by atoms with E-state index >= 15 is 0 Å². The molecule has 0 aliphatic carbocycles. The maximum Gasteiger partial charge on any atom is 0.224 e. The second-order valence-corrected chi connectivity index (χ2v) is 8.16. The average molecular weight is 402 g/mol. The zero-order valence-corrected chi connectivity index (χ0v) is 17.3. The molecule has 4 aromatic rings. The second kappa shape index (κ2) is 8.53. The Morgan fingerprint density at radius 3 is 2.28 bits per heavy atom. The third-order valence-electron chi connectivity index (χ3n) is 5.07. The van der Waals surface area contributed by atoms with Crippen LogP contribution in [0.1, 0.15) is 53.8 Å². The number of carbonyl (C=O) groups excluding carboxylic acids is 1. The quantitative estimate of drug-likeness (QED) is 0.372. The number of carbonyl (C=O) groups is 1. The van der Waals surface area contributed by atoms with Crippen LogP contribution in [0.15, 0.2) is 72.1 Å². The molecule has 0 fully saturated rings. The molecule has 29 heavy (non-hydrogen) atoms. The molecule has 4 rings (SSSR count). The van der Waals surface area contributed by atoms with Crippen LogP contribution in [0.4, 0.5) is 5.95 Å². The summed E-state index contributed by atoms with van der Waals surface area (Å²) in [6.45, 7) is 4.15. The Kier molecular flexibility index (Phi) is 5.67. The predicted molar refractivity (Wildman–Crippen MR) is 120 cm³/mol. The van der Waals surface area contributed by atoms with Crippen molar-refractivity contribution in [2.75, 3.05) is 5.32 Å². The summed E-state index contributed by atoms with van der Waals surface area (Å²) in [5.74, 6) is 0.669. The third kappa shape index (κ3) is 4.35. The van der Waals surface area contributed by atoms with Crippen LogP contribution >= 0.6 is 11.3 Å². The van der Waals surface area contributed by atoms with E-state index in [-0.39, 0.29) is 17.7 Å². The molecule has 0 unspecified atom stereocenters. The first-order chi connectivity index (χ1) is 14.1. The maximum absolute atomic E-state index is 13.1.